The van der Waals surface area contributed by atoms with Crippen LogP contribution < -0.4 is 5.32 Å². The van der Waals surface area contributed by atoms with Gasteiger partial charge in [-0.2, -0.15) is 11.8 Å². The third-order valence-corrected chi connectivity index (χ3v) is 7.00. The van der Waals surface area contributed by atoms with Gasteiger partial charge in [-0.15, -0.1) is 0 Å². The molecule has 3 atom stereocenters. The van der Waals surface area contributed by atoms with Crippen LogP contribution in [0.25, 0.3) is 0 Å². The van der Waals surface area contributed by atoms with Crippen LogP contribution in [0.1, 0.15) is 38.5 Å². The molecule has 3 nitrogen and oxygen atoms in total. The molecule has 3 unspecified atom stereocenters. The summed E-state index contributed by atoms with van der Waals surface area (Å²) in [5.41, 5.74) is 0.245. The second kappa shape index (κ2) is 5.79. The molecule has 4 rings (SSSR count). The maximum Gasteiger partial charge on any atom is 0.0713 e. The van der Waals surface area contributed by atoms with Gasteiger partial charge < -0.3 is 10.1 Å². The number of nitrogens with zero attached hydrogens (tertiary/aromatic N) is 1. The van der Waals surface area contributed by atoms with Gasteiger partial charge >= 0.3 is 0 Å². The molecule has 0 aromatic heterocycles. The highest BCUT2D eigenvalue weighted by Crippen LogP contribution is 2.40. The molecule has 0 aromatic carbocycles. The summed E-state index contributed by atoms with van der Waals surface area (Å²) in [5.74, 6) is 3.53. The van der Waals surface area contributed by atoms with Gasteiger partial charge in [0, 0.05) is 31.8 Å². The van der Waals surface area contributed by atoms with Gasteiger partial charge in [0.2, 0.25) is 0 Å². The first-order valence-electron chi connectivity index (χ1n) is 8.54. The van der Waals surface area contributed by atoms with Gasteiger partial charge in [-0.3, -0.25) is 4.90 Å². The van der Waals surface area contributed by atoms with Crippen LogP contribution in [0.5, 0.6) is 0 Å². The normalized spacial score (nSPS) is 41.7. The molecule has 0 radical (unpaired) electrons. The second-order valence-electron chi connectivity index (χ2n) is 7.21. The Morgan fingerprint density at radius 1 is 1.15 bits per heavy atom. The van der Waals surface area contributed by atoms with E-state index in [1.54, 1.807) is 0 Å². The van der Waals surface area contributed by atoms with Crippen molar-refractivity contribution in [2.45, 2.75) is 56.2 Å². The van der Waals surface area contributed by atoms with Crippen LogP contribution in [0.4, 0.5) is 0 Å². The van der Waals surface area contributed by atoms with E-state index in [-0.39, 0.29) is 5.60 Å². The lowest BCUT2D eigenvalue weighted by Crippen LogP contribution is -2.50. The molecule has 4 heterocycles. The smallest absolute Gasteiger partial charge is 0.0713 e. The van der Waals surface area contributed by atoms with Crippen LogP contribution in [-0.4, -0.2) is 60.3 Å². The van der Waals surface area contributed by atoms with E-state index < -0.39 is 0 Å². The molecule has 4 aliphatic rings. The number of fused-ring (bicyclic) bond motifs is 1. The molecule has 0 aromatic rings. The minimum absolute atomic E-state index is 0.245. The van der Waals surface area contributed by atoms with Gasteiger partial charge in [-0.1, -0.05) is 0 Å². The zero-order chi connectivity index (χ0) is 13.4. The Balaban J connectivity index is 1.41. The molecule has 114 valence electrons. The fourth-order valence-electron chi connectivity index (χ4n) is 4.78. The summed E-state index contributed by atoms with van der Waals surface area (Å²) in [6, 6.07) is 1.57. The van der Waals surface area contributed by atoms with E-state index in [1.165, 1.54) is 69.7 Å². The van der Waals surface area contributed by atoms with Crippen molar-refractivity contribution in [1.82, 2.24) is 10.2 Å². The number of hydrogen-bond acceptors (Lipinski definition) is 4. The van der Waals surface area contributed by atoms with Crippen LogP contribution in [0.2, 0.25) is 0 Å². The Labute approximate surface area is 127 Å². The lowest BCUT2D eigenvalue weighted by atomic mass is 9.85. The topological polar surface area (TPSA) is 24.5 Å². The maximum atomic E-state index is 6.26. The average molecular weight is 296 g/mol. The molecule has 0 amide bonds. The van der Waals surface area contributed by atoms with E-state index >= 15 is 0 Å². The highest BCUT2D eigenvalue weighted by atomic mass is 32.2. The molecule has 1 spiro atoms. The highest BCUT2D eigenvalue weighted by Gasteiger charge is 2.43. The summed E-state index contributed by atoms with van der Waals surface area (Å²) in [7, 11) is 0. The standard InChI is InChI=1S/C16H28N2OS/c1-2-13-11-18(12-15(13)17-6-1)14-3-7-19-16(10-14)4-8-20-9-5-16/h13-15,17H,1-12H2. The monoisotopic (exact) mass is 296 g/mol. The first-order valence-corrected chi connectivity index (χ1v) is 9.69. The highest BCUT2D eigenvalue weighted by molar-refractivity contribution is 7.99. The first kappa shape index (κ1) is 13.9. The zero-order valence-electron chi connectivity index (χ0n) is 12.5. The number of rotatable bonds is 1. The zero-order valence-corrected chi connectivity index (χ0v) is 13.3. The molecule has 4 heteroatoms. The fourth-order valence-corrected chi connectivity index (χ4v) is 6.02. The minimum Gasteiger partial charge on any atom is -0.375 e. The van der Waals surface area contributed by atoms with Crippen molar-refractivity contribution in [2.24, 2.45) is 5.92 Å². The number of likely N-dealkylation sites (tertiary alicyclic amines) is 1. The lowest BCUT2D eigenvalue weighted by Gasteiger charge is -2.45. The van der Waals surface area contributed by atoms with Crippen LogP contribution in [0.3, 0.4) is 0 Å². The van der Waals surface area contributed by atoms with E-state index in [0.717, 1.165) is 24.6 Å². The van der Waals surface area contributed by atoms with E-state index in [4.69, 9.17) is 4.74 Å². The fraction of sp³-hybridized carbons (Fsp3) is 1.00. The molecule has 0 bridgehead atoms. The molecular formula is C16H28N2OS. The van der Waals surface area contributed by atoms with Gasteiger partial charge in [-0.05, 0) is 62.5 Å². The Bertz CT molecular complexity index is 326. The molecule has 4 aliphatic heterocycles. The van der Waals surface area contributed by atoms with Crippen molar-refractivity contribution >= 4 is 11.8 Å². The molecular weight excluding hydrogens is 268 g/mol. The van der Waals surface area contributed by atoms with Gasteiger partial charge in [-0.25, -0.2) is 0 Å². The van der Waals surface area contributed by atoms with Gasteiger partial charge in [0.15, 0.2) is 0 Å². The van der Waals surface area contributed by atoms with Crippen LogP contribution in [-0.2, 0) is 4.74 Å². The minimum atomic E-state index is 0.245. The molecule has 20 heavy (non-hydrogen) atoms. The van der Waals surface area contributed by atoms with E-state index in [0.29, 0.717) is 0 Å². The first-order chi connectivity index (χ1) is 9.85. The van der Waals surface area contributed by atoms with Crippen molar-refractivity contribution < 1.29 is 4.74 Å². The summed E-state index contributed by atoms with van der Waals surface area (Å²) in [4.78, 5) is 2.81. The van der Waals surface area contributed by atoms with Crippen molar-refractivity contribution in [3.63, 3.8) is 0 Å². The predicted octanol–water partition coefficient (Wildman–Crippen LogP) is 2.11. The number of ether oxygens (including phenoxy) is 1. The van der Waals surface area contributed by atoms with Crippen LogP contribution in [0, 0.1) is 5.92 Å². The van der Waals surface area contributed by atoms with Gasteiger partial charge in [0.25, 0.3) is 0 Å². The van der Waals surface area contributed by atoms with Crippen molar-refractivity contribution in [2.75, 3.05) is 37.7 Å². The molecule has 1 N–H and O–H groups in total. The van der Waals surface area contributed by atoms with Crippen molar-refractivity contribution in [1.29, 1.82) is 0 Å². The van der Waals surface area contributed by atoms with E-state index in [2.05, 4.69) is 22.0 Å². The van der Waals surface area contributed by atoms with Gasteiger partial charge in [0.05, 0.1) is 5.60 Å². The molecule has 4 fully saturated rings. The summed E-state index contributed by atoms with van der Waals surface area (Å²) in [6.45, 7) is 4.87. The largest absolute Gasteiger partial charge is 0.375 e. The van der Waals surface area contributed by atoms with Crippen LogP contribution >= 0.6 is 11.8 Å². The van der Waals surface area contributed by atoms with E-state index in [1.807, 2.05) is 0 Å². The second-order valence-corrected chi connectivity index (χ2v) is 8.43. The third kappa shape index (κ3) is 2.65. The summed E-state index contributed by atoms with van der Waals surface area (Å²) < 4.78 is 6.26. The Morgan fingerprint density at radius 2 is 2.05 bits per heavy atom. The Morgan fingerprint density at radius 3 is 2.90 bits per heavy atom. The summed E-state index contributed by atoms with van der Waals surface area (Å²) in [6.07, 6.45) is 7.95. The van der Waals surface area contributed by atoms with E-state index in [9.17, 15) is 0 Å². The Hall–Kier alpha value is 0.230. The number of thioether (sulfide) groups is 1. The lowest BCUT2D eigenvalue weighted by molar-refractivity contribution is -0.108. The molecule has 0 saturated carbocycles. The number of piperidine rings is 1. The maximum absolute atomic E-state index is 6.26. The van der Waals surface area contributed by atoms with Crippen molar-refractivity contribution in [3.05, 3.63) is 0 Å². The predicted molar refractivity (Wildman–Crippen MR) is 84.4 cm³/mol. The number of hydrogen-bond donors (Lipinski definition) is 1. The van der Waals surface area contributed by atoms with Crippen LogP contribution in [0.15, 0.2) is 0 Å². The molecule has 4 saturated heterocycles. The Kier molecular flexibility index (Phi) is 4.01. The number of nitrogens with one attached hydrogen (secondary N) is 1. The quantitative estimate of drug-likeness (QED) is 0.801. The third-order valence-electron chi connectivity index (χ3n) is 6.01. The van der Waals surface area contributed by atoms with Crippen molar-refractivity contribution in [3.8, 4) is 0 Å². The SMILES string of the molecule is C1CNC2CN(C3CCOC4(CCSCC4)C3)CC2C1. The average Bonchev–Trinajstić information content (AvgIpc) is 2.92. The molecule has 0 aliphatic carbocycles. The van der Waals surface area contributed by atoms with Gasteiger partial charge in [0.1, 0.15) is 0 Å². The summed E-state index contributed by atoms with van der Waals surface area (Å²) in [5, 5.41) is 3.74. The summed E-state index contributed by atoms with van der Waals surface area (Å²) >= 11 is 2.11.